The molecule has 0 spiro atoms. The van der Waals surface area contributed by atoms with Crippen molar-refractivity contribution in [3.05, 3.63) is 48.2 Å². The maximum atomic E-state index is 15.1. The maximum Gasteiger partial charge on any atom is 0.230 e. The molecule has 4 aromatic rings. The highest BCUT2D eigenvalue weighted by atomic mass is 19.1. The first-order valence-corrected chi connectivity index (χ1v) is 10.6. The molecular formula is C25H27FN4O3. The van der Waals surface area contributed by atoms with Gasteiger partial charge in [-0.2, -0.15) is 0 Å². The Labute approximate surface area is 199 Å². The lowest BCUT2D eigenvalue weighted by Gasteiger charge is -2.16. The number of ether oxygens (including phenoxy) is 3. The third-order valence-electron chi connectivity index (χ3n) is 5.46. The van der Waals surface area contributed by atoms with E-state index in [1.165, 1.54) is 36.5 Å². The molecule has 3 heterocycles. The van der Waals surface area contributed by atoms with Crippen molar-refractivity contribution >= 4 is 21.8 Å². The number of aromatic amines is 1. The number of H-pyrrole nitrogens is 1. The number of rotatable bonds is 8. The zero-order chi connectivity index (χ0) is 28.2. The lowest BCUT2D eigenvalue weighted by atomic mass is 10.2. The Kier molecular flexibility index (Phi) is 4.32. The number of fused-ring (bicyclic) bond motifs is 2. The third kappa shape index (κ3) is 4.43. The first-order valence-electron chi connectivity index (χ1n) is 13.6. The number of halogens is 1. The molecule has 2 aromatic heterocycles. The van der Waals surface area contributed by atoms with E-state index in [4.69, 9.17) is 22.4 Å². The molecule has 1 aliphatic rings. The van der Waals surface area contributed by atoms with Crippen LogP contribution in [0.5, 0.6) is 23.1 Å². The molecular weight excluding hydrogens is 423 g/mol. The average molecular weight is 457 g/mol. The Balaban J connectivity index is 1.49. The molecule has 8 heteroatoms. The molecule has 1 N–H and O–H groups in total. The number of nitrogens with zero attached hydrogens (tertiary/aromatic N) is 3. The minimum atomic E-state index is -3.10. The number of hydrogen-bond acceptors (Lipinski definition) is 6. The Morgan fingerprint density at radius 3 is 2.76 bits per heavy atom. The van der Waals surface area contributed by atoms with Gasteiger partial charge < -0.3 is 24.1 Å². The molecule has 0 bridgehead atoms. The summed E-state index contributed by atoms with van der Waals surface area (Å²) in [6, 6.07) is 7.56. The highest BCUT2D eigenvalue weighted by molar-refractivity contribution is 5.87. The van der Waals surface area contributed by atoms with Crippen molar-refractivity contribution in [2.45, 2.75) is 26.1 Å². The van der Waals surface area contributed by atoms with Gasteiger partial charge in [0.2, 0.25) is 5.88 Å². The predicted octanol–water partition coefficient (Wildman–Crippen LogP) is 5.22. The lowest BCUT2D eigenvalue weighted by Crippen LogP contribution is -2.21. The zero-order valence-electron chi connectivity index (χ0n) is 24.2. The number of benzene rings is 2. The Morgan fingerprint density at radius 1 is 1.09 bits per heavy atom. The van der Waals surface area contributed by atoms with Crippen LogP contribution < -0.4 is 14.2 Å². The summed E-state index contributed by atoms with van der Waals surface area (Å²) in [5.74, 6) is -0.816. The number of aryl methyl sites for hydroxylation is 1. The summed E-state index contributed by atoms with van der Waals surface area (Å²) in [7, 11) is 1.31. The standard InChI is InChI=1S/C25H27FN4O3/c1-16-12-17-19(29-16)6-7-21(24(17)26)33-25-18-13-22(31-2)23(14-20(18)27-15-28-25)32-11-5-10-30-8-3-4-9-30/h6-7,12-15,29H,3-5,8-11H2,1-2H3/i5D2,10D2,11D2. The van der Waals surface area contributed by atoms with Gasteiger partial charge in [0.25, 0.3) is 0 Å². The van der Waals surface area contributed by atoms with Crippen molar-refractivity contribution in [1.29, 1.82) is 0 Å². The summed E-state index contributed by atoms with van der Waals surface area (Å²) in [4.78, 5) is 12.7. The van der Waals surface area contributed by atoms with Crippen LogP contribution in [0.2, 0.25) is 0 Å². The van der Waals surface area contributed by atoms with Gasteiger partial charge in [-0.3, -0.25) is 0 Å². The van der Waals surface area contributed by atoms with Gasteiger partial charge >= 0.3 is 0 Å². The van der Waals surface area contributed by atoms with Crippen molar-refractivity contribution in [2.24, 2.45) is 0 Å². The van der Waals surface area contributed by atoms with Crippen LogP contribution in [0.15, 0.2) is 36.7 Å². The Morgan fingerprint density at radius 2 is 1.94 bits per heavy atom. The largest absolute Gasteiger partial charge is 0.493 e. The van der Waals surface area contributed by atoms with Crippen LogP contribution in [-0.2, 0) is 0 Å². The topological polar surface area (TPSA) is 72.5 Å². The summed E-state index contributed by atoms with van der Waals surface area (Å²) >= 11 is 0. The van der Waals surface area contributed by atoms with E-state index in [9.17, 15) is 0 Å². The monoisotopic (exact) mass is 456 g/mol. The van der Waals surface area contributed by atoms with Gasteiger partial charge in [-0.1, -0.05) is 0 Å². The molecule has 0 amide bonds. The minimum absolute atomic E-state index is 0.000687. The van der Waals surface area contributed by atoms with Crippen LogP contribution in [0.1, 0.15) is 33.1 Å². The quantitative estimate of drug-likeness (QED) is 0.392. The highest BCUT2D eigenvalue weighted by Gasteiger charge is 2.17. The Bertz CT molecular complexity index is 1540. The molecule has 2 aromatic carbocycles. The van der Waals surface area contributed by atoms with E-state index in [0.717, 1.165) is 5.69 Å². The molecule has 1 aliphatic heterocycles. The van der Waals surface area contributed by atoms with E-state index in [-0.39, 0.29) is 28.6 Å². The molecule has 0 aliphatic carbocycles. The zero-order valence-corrected chi connectivity index (χ0v) is 18.2. The fourth-order valence-electron chi connectivity index (χ4n) is 3.84. The van der Waals surface area contributed by atoms with Gasteiger partial charge in [0, 0.05) is 34.6 Å². The number of likely N-dealkylation sites (tertiary alicyclic amines) is 1. The van der Waals surface area contributed by atoms with Crippen LogP contribution in [-0.4, -0.2) is 53.1 Å². The van der Waals surface area contributed by atoms with Gasteiger partial charge in [0.1, 0.15) is 6.33 Å². The van der Waals surface area contributed by atoms with Crippen molar-refractivity contribution in [1.82, 2.24) is 19.9 Å². The van der Waals surface area contributed by atoms with Crippen LogP contribution in [0.25, 0.3) is 21.8 Å². The summed E-state index contributed by atoms with van der Waals surface area (Å²) in [6.45, 7) is -3.28. The minimum Gasteiger partial charge on any atom is -0.493 e. The molecule has 0 radical (unpaired) electrons. The van der Waals surface area contributed by atoms with Gasteiger partial charge in [0.15, 0.2) is 23.1 Å². The van der Waals surface area contributed by atoms with Crippen molar-refractivity contribution in [2.75, 3.05) is 33.3 Å². The summed E-state index contributed by atoms with van der Waals surface area (Å²) in [5, 5.41) is 0.671. The lowest BCUT2D eigenvalue weighted by molar-refractivity contribution is 0.254. The fourth-order valence-corrected chi connectivity index (χ4v) is 3.84. The SMILES string of the molecule is [2H]C([2H])(Oc1cc2ncnc(Oc3ccc4[nH]c(C)cc4c3F)c2cc1OC)C([2H])([2H])C([2H])([2H])N1CCCC1. The van der Waals surface area contributed by atoms with Gasteiger partial charge in [-0.15, -0.1) is 0 Å². The van der Waals surface area contributed by atoms with Crippen molar-refractivity contribution in [3.63, 3.8) is 0 Å². The second kappa shape index (κ2) is 9.23. The molecule has 5 rings (SSSR count). The van der Waals surface area contributed by atoms with E-state index in [2.05, 4.69) is 15.0 Å². The van der Waals surface area contributed by atoms with Crippen LogP contribution in [0.4, 0.5) is 4.39 Å². The molecule has 0 atom stereocenters. The first-order chi connectivity index (χ1) is 18.4. The smallest absolute Gasteiger partial charge is 0.230 e. The molecule has 0 saturated carbocycles. The second-order valence-corrected chi connectivity index (χ2v) is 7.73. The van der Waals surface area contributed by atoms with E-state index >= 15 is 4.39 Å². The molecule has 33 heavy (non-hydrogen) atoms. The molecule has 1 fully saturated rings. The van der Waals surface area contributed by atoms with E-state index < -0.39 is 25.2 Å². The van der Waals surface area contributed by atoms with Gasteiger partial charge in [-0.25, -0.2) is 14.4 Å². The average Bonchev–Trinajstić information content (AvgIpc) is 3.55. The van der Waals surface area contributed by atoms with Crippen molar-refractivity contribution in [3.8, 4) is 23.1 Å². The van der Waals surface area contributed by atoms with Gasteiger partial charge in [0.05, 0.1) is 27.3 Å². The molecule has 1 saturated heterocycles. The maximum absolute atomic E-state index is 15.1. The number of hydrogen-bond donors (Lipinski definition) is 1. The third-order valence-corrected chi connectivity index (χ3v) is 5.46. The normalized spacial score (nSPS) is 18.3. The van der Waals surface area contributed by atoms with E-state index in [0.29, 0.717) is 42.2 Å². The molecule has 7 nitrogen and oxygen atoms in total. The van der Waals surface area contributed by atoms with Crippen LogP contribution in [0.3, 0.4) is 0 Å². The molecule has 172 valence electrons. The van der Waals surface area contributed by atoms with Crippen LogP contribution >= 0.6 is 0 Å². The summed E-state index contributed by atoms with van der Waals surface area (Å²) < 4.78 is 82.1. The van der Waals surface area contributed by atoms with Gasteiger partial charge in [-0.05, 0) is 63.5 Å². The summed E-state index contributed by atoms with van der Waals surface area (Å²) in [5.41, 5.74) is 1.65. The summed E-state index contributed by atoms with van der Waals surface area (Å²) in [6.07, 6.45) is -0.475. The number of methoxy groups -OCH3 is 1. The highest BCUT2D eigenvalue weighted by Crippen LogP contribution is 2.37. The second-order valence-electron chi connectivity index (χ2n) is 7.73. The van der Waals surface area contributed by atoms with Crippen molar-refractivity contribution < 1.29 is 26.8 Å². The fraction of sp³-hybridized carbons (Fsp3) is 0.360. The van der Waals surface area contributed by atoms with E-state index in [1.54, 1.807) is 12.1 Å². The first kappa shape index (κ1) is 15.4. The van der Waals surface area contributed by atoms with E-state index in [1.807, 2.05) is 6.92 Å². The van der Waals surface area contributed by atoms with Crippen LogP contribution in [0, 0.1) is 12.7 Å². The number of aromatic nitrogens is 3. The number of nitrogens with one attached hydrogen (secondary N) is 1. The predicted molar refractivity (Wildman–Crippen MR) is 125 cm³/mol. The Hall–Kier alpha value is -3.39. The molecule has 0 unspecified atom stereocenters.